The summed E-state index contributed by atoms with van der Waals surface area (Å²) in [5.41, 5.74) is 1.14. The summed E-state index contributed by atoms with van der Waals surface area (Å²) < 4.78 is 6.92. The standard InChI is InChI=1S/C12H15N3O3/c1-7(2)6-8-10(12(16)17)18-11(14-8)9-4-5-13-15(9)3/h4-5,7H,6H2,1-3H3,(H,16,17). The van der Waals surface area contributed by atoms with Gasteiger partial charge in [-0.1, -0.05) is 13.8 Å². The Morgan fingerprint density at radius 3 is 2.78 bits per heavy atom. The maximum Gasteiger partial charge on any atom is 0.373 e. The first-order valence-corrected chi connectivity index (χ1v) is 5.70. The Balaban J connectivity index is 2.45. The molecule has 0 amide bonds. The number of hydrogen-bond donors (Lipinski definition) is 1. The maximum absolute atomic E-state index is 11.1. The van der Waals surface area contributed by atoms with Crippen molar-refractivity contribution < 1.29 is 14.3 Å². The predicted molar refractivity (Wildman–Crippen MR) is 64.2 cm³/mol. The van der Waals surface area contributed by atoms with E-state index in [0.717, 1.165) is 0 Å². The number of hydrogen-bond acceptors (Lipinski definition) is 4. The van der Waals surface area contributed by atoms with E-state index in [1.807, 2.05) is 13.8 Å². The average Bonchev–Trinajstić information content (AvgIpc) is 2.83. The van der Waals surface area contributed by atoms with Crippen LogP contribution in [0.15, 0.2) is 16.7 Å². The van der Waals surface area contributed by atoms with Crippen molar-refractivity contribution in [3.63, 3.8) is 0 Å². The van der Waals surface area contributed by atoms with Crippen LogP contribution in [0.1, 0.15) is 30.1 Å². The first-order chi connectivity index (χ1) is 8.49. The summed E-state index contributed by atoms with van der Waals surface area (Å²) in [5.74, 6) is -0.567. The lowest BCUT2D eigenvalue weighted by molar-refractivity contribution is 0.0661. The normalized spacial score (nSPS) is 11.1. The number of rotatable bonds is 4. The largest absolute Gasteiger partial charge is 0.475 e. The van der Waals surface area contributed by atoms with Crippen molar-refractivity contribution in [1.82, 2.24) is 14.8 Å². The molecule has 6 heteroatoms. The zero-order valence-corrected chi connectivity index (χ0v) is 10.5. The van der Waals surface area contributed by atoms with Crippen LogP contribution in [0.4, 0.5) is 0 Å². The number of carbonyl (C=O) groups is 1. The fraction of sp³-hybridized carbons (Fsp3) is 0.417. The minimum Gasteiger partial charge on any atom is -0.475 e. The van der Waals surface area contributed by atoms with Crippen LogP contribution < -0.4 is 0 Å². The van der Waals surface area contributed by atoms with E-state index in [-0.39, 0.29) is 5.76 Å². The first-order valence-electron chi connectivity index (χ1n) is 5.70. The van der Waals surface area contributed by atoms with Crippen molar-refractivity contribution in [1.29, 1.82) is 0 Å². The molecule has 0 saturated heterocycles. The highest BCUT2D eigenvalue weighted by Crippen LogP contribution is 2.23. The first kappa shape index (κ1) is 12.3. The molecule has 2 rings (SSSR count). The zero-order chi connectivity index (χ0) is 13.3. The average molecular weight is 249 g/mol. The van der Waals surface area contributed by atoms with Gasteiger partial charge >= 0.3 is 5.97 Å². The number of oxazole rings is 1. The molecule has 0 radical (unpaired) electrons. The zero-order valence-electron chi connectivity index (χ0n) is 10.5. The van der Waals surface area contributed by atoms with Gasteiger partial charge in [0.1, 0.15) is 5.69 Å². The molecule has 0 aromatic carbocycles. The highest BCUT2D eigenvalue weighted by atomic mass is 16.4. The van der Waals surface area contributed by atoms with Gasteiger partial charge in [-0.3, -0.25) is 4.68 Å². The number of nitrogens with zero attached hydrogens (tertiary/aromatic N) is 3. The molecule has 0 aliphatic carbocycles. The van der Waals surface area contributed by atoms with Crippen molar-refractivity contribution in [2.24, 2.45) is 13.0 Å². The third-order valence-corrected chi connectivity index (χ3v) is 2.53. The Morgan fingerprint density at radius 1 is 1.56 bits per heavy atom. The third-order valence-electron chi connectivity index (χ3n) is 2.53. The minimum atomic E-state index is -1.09. The quantitative estimate of drug-likeness (QED) is 0.895. The van der Waals surface area contributed by atoms with E-state index in [1.165, 1.54) is 0 Å². The highest BCUT2D eigenvalue weighted by Gasteiger charge is 2.22. The van der Waals surface area contributed by atoms with E-state index in [2.05, 4.69) is 10.1 Å². The summed E-state index contributed by atoms with van der Waals surface area (Å²) in [4.78, 5) is 15.4. The molecular formula is C12H15N3O3. The summed E-state index contributed by atoms with van der Waals surface area (Å²) in [6.07, 6.45) is 2.19. The Hall–Kier alpha value is -2.11. The lowest BCUT2D eigenvalue weighted by Crippen LogP contribution is -2.03. The van der Waals surface area contributed by atoms with E-state index >= 15 is 0 Å². The van der Waals surface area contributed by atoms with Crippen LogP contribution in [0.5, 0.6) is 0 Å². The van der Waals surface area contributed by atoms with Crippen molar-refractivity contribution >= 4 is 5.97 Å². The van der Waals surface area contributed by atoms with Crippen LogP contribution in [0.2, 0.25) is 0 Å². The molecule has 0 aliphatic heterocycles. The van der Waals surface area contributed by atoms with Gasteiger partial charge in [0.15, 0.2) is 0 Å². The molecule has 0 unspecified atom stereocenters. The number of aryl methyl sites for hydroxylation is 1. The topological polar surface area (TPSA) is 81.2 Å². The van der Waals surface area contributed by atoms with Gasteiger partial charge < -0.3 is 9.52 Å². The van der Waals surface area contributed by atoms with Gasteiger partial charge in [-0.05, 0) is 18.4 Å². The summed E-state index contributed by atoms with van der Waals surface area (Å²) in [6.45, 7) is 4.01. The van der Waals surface area contributed by atoms with Gasteiger partial charge in [0.2, 0.25) is 11.7 Å². The minimum absolute atomic E-state index is 0.0834. The second kappa shape index (κ2) is 4.64. The number of aromatic nitrogens is 3. The number of carboxylic acid groups (broad SMARTS) is 1. The summed E-state index contributed by atoms with van der Waals surface area (Å²) >= 11 is 0. The molecule has 1 N–H and O–H groups in total. The lowest BCUT2D eigenvalue weighted by atomic mass is 10.1. The summed E-state index contributed by atoms with van der Waals surface area (Å²) in [6, 6.07) is 1.73. The van der Waals surface area contributed by atoms with Gasteiger partial charge in [-0.2, -0.15) is 5.10 Å². The fourth-order valence-corrected chi connectivity index (χ4v) is 1.74. The molecule has 0 atom stereocenters. The molecule has 0 saturated carbocycles. The van der Waals surface area contributed by atoms with Crippen molar-refractivity contribution in [3.05, 3.63) is 23.7 Å². The predicted octanol–water partition coefficient (Wildman–Crippen LogP) is 1.97. The van der Waals surface area contributed by atoms with Gasteiger partial charge in [-0.15, -0.1) is 0 Å². The molecule has 6 nitrogen and oxygen atoms in total. The lowest BCUT2D eigenvalue weighted by Gasteiger charge is -2.00. The smallest absolute Gasteiger partial charge is 0.373 e. The van der Waals surface area contributed by atoms with Crippen molar-refractivity contribution in [2.75, 3.05) is 0 Å². The van der Waals surface area contributed by atoms with E-state index in [9.17, 15) is 4.79 Å². The van der Waals surface area contributed by atoms with Crippen LogP contribution in [0.25, 0.3) is 11.6 Å². The third kappa shape index (κ3) is 2.27. The summed E-state index contributed by atoms with van der Waals surface area (Å²) in [7, 11) is 1.75. The SMILES string of the molecule is CC(C)Cc1nc(-c2ccnn2C)oc1C(=O)O. The van der Waals surface area contributed by atoms with Gasteiger partial charge in [0.05, 0.1) is 5.69 Å². The second-order valence-electron chi connectivity index (χ2n) is 4.54. The van der Waals surface area contributed by atoms with Crippen LogP contribution in [-0.2, 0) is 13.5 Å². The van der Waals surface area contributed by atoms with Gasteiger partial charge in [-0.25, -0.2) is 9.78 Å². The maximum atomic E-state index is 11.1. The van der Waals surface area contributed by atoms with E-state index in [4.69, 9.17) is 9.52 Å². The van der Waals surface area contributed by atoms with E-state index in [0.29, 0.717) is 29.6 Å². The fourth-order valence-electron chi connectivity index (χ4n) is 1.74. The summed E-state index contributed by atoms with van der Waals surface area (Å²) in [5, 5.41) is 13.1. The molecule has 2 heterocycles. The molecule has 2 aromatic rings. The Bertz CT molecular complexity index is 569. The molecular weight excluding hydrogens is 234 g/mol. The second-order valence-corrected chi connectivity index (χ2v) is 4.54. The van der Waals surface area contributed by atoms with Crippen LogP contribution in [-0.4, -0.2) is 25.8 Å². The van der Waals surface area contributed by atoms with Crippen LogP contribution >= 0.6 is 0 Å². The number of carboxylic acids is 1. The monoisotopic (exact) mass is 249 g/mol. The molecule has 0 bridgehead atoms. The Morgan fingerprint density at radius 2 is 2.28 bits per heavy atom. The molecule has 18 heavy (non-hydrogen) atoms. The van der Waals surface area contributed by atoms with Crippen LogP contribution in [0.3, 0.4) is 0 Å². The van der Waals surface area contributed by atoms with Gasteiger partial charge in [0.25, 0.3) is 0 Å². The molecule has 0 spiro atoms. The molecule has 0 fully saturated rings. The van der Waals surface area contributed by atoms with Gasteiger partial charge in [0, 0.05) is 13.2 Å². The molecule has 2 aromatic heterocycles. The van der Waals surface area contributed by atoms with E-state index in [1.54, 1.807) is 24.0 Å². The Labute approximate surface area is 104 Å². The molecule has 0 aliphatic rings. The van der Waals surface area contributed by atoms with Crippen molar-refractivity contribution in [2.45, 2.75) is 20.3 Å². The molecule has 96 valence electrons. The van der Waals surface area contributed by atoms with Crippen molar-refractivity contribution in [3.8, 4) is 11.6 Å². The highest BCUT2D eigenvalue weighted by molar-refractivity contribution is 5.86. The Kier molecular flexibility index (Phi) is 3.18. The number of aromatic carboxylic acids is 1. The van der Waals surface area contributed by atoms with E-state index < -0.39 is 5.97 Å². The van der Waals surface area contributed by atoms with Crippen LogP contribution in [0, 0.1) is 5.92 Å².